The molecule has 0 saturated carbocycles. The maximum atomic E-state index is 5.47. The van der Waals surface area contributed by atoms with Crippen LogP contribution in [0.15, 0.2) is 58.5 Å². The summed E-state index contributed by atoms with van der Waals surface area (Å²) in [5.41, 5.74) is 7.26. The summed E-state index contributed by atoms with van der Waals surface area (Å²) in [6, 6.07) is 17.6. The largest absolute Gasteiger partial charge is 0.251 e. The second-order valence-electron chi connectivity index (χ2n) is 16.5. The van der Waals surface area contributed by atoms with Crippen molar-refractivity contribution < 1.29 is 16.5 Å². The van der Waals surface area contributed by atoms with Crippen LogP contribution in [-0.2, 0) is 29.3 Å². The van der Waals surface area contributed by atoms with Gasteiger partial charge in [-0.15, -0.1) is 23.7 Å². The molecule has 2 aromatic carbocycles. The van der Waals surface area contributed by atoms with Crippen LogP contribution in [0.25, 0.3) is 0 Å². The number of nitrogens with zero attached hydrogens (tertiary/aromatic N) is 2. The van der Waals surface area contributed by atoms with Crippen LogP contribution in [0.3, 0.4) is 0 Å². The Hall–Kier alpha value is -2.61. The Morgan fingerprint density at radius 1 is 0.362 bits per heavy atom. The van der Waals surface area contributed by atoms with Gasteiger partial charge in [0, 0.05) is 42.2 Å². The van der Waals surface area contributed by atoms with Gasteiger partial charge in [-0.3, -0.25) is 9.98 Å². The van der Waals surface area contributed by atoms with Crippen molar-refractivity contribution in [2.45, 2.75) is 240 Å². The van der Waals surface area contributed by atoms with Crippen molar-refractivity contribution in [1.29, 1.82) is 0 Å². The molecule has 2 nitrogen and oxygen atoms in total. The van der Waals surface area contributed by atoms with Crippen molar-refractivity contribution in [3.05, 3.63) is 59.7 Å². The number of aliphatic imine (C=N–C) groups is 2. The van der Waals surface area contributed by atoms with Gasteiger partial charge in [-0.05, 0) is 87.5 Å². The number of hydrogen-bond donors (Lipinski definition) is 0. The summed E-state index contributed by atoms with van der Waals surface area (Å²) in [6.07, 6.45) is 40.7. The molecular weight excluding hydrogens is 747 g/mol. The molecule has 0 spiro atoms. The van der Waals surface area contributed by atoms with E-state index in [0.29, 0.717) is 0 Å². The van der Waals surface area contributed by atoms with Gasteiger partial charge >= 0.3 is 0 Å². The Kier molecular flexibility index (Phi) is 36.7. The summed E-state index contributed by atoms with van der Waals surface area (Å²) in [7, 11) is 0. The molecule has 2 rings (SSSR count). The minimum Gasteiger partial charge on any atom is -0.251 e. The van der Waals surface area contributed by atoms with Crippen LogP contribution in [-0.4, -0.2) is 11.4 Å². The van der Waals surface area contributed by atoms with Gasteiger partial charge in [0.1, 0.15) is 0 Å². The molecule has 0 heterocycles. The third-order valence-electron chi connectivity index (χ3n) is 11.2. The van der Waals surface area contributed by atoms with Crippen molar-refractivity contribution in [3.63, 3.8) is 0 Å². The topological polar surface area (TPSA) is 24.7 Å². The van der Waals surface area contributed by atoms with Crippen LogP contribution < -0.4 is 0 Å². The van der Waals surface area contributed by atoms with Gasteiger partial charge in [0.15, 0.2) is 0 Å². The molecule has 0 amide bonds. The summed E-state index contributed by atoms with van der Waals surface area (Å²) in [5.74, 6) is 13.9. The maximum Gasteiger partial charge on any atom is 0.0665 e. The van der Waals surface area contributed by atoms with E-state index >= 15 is 0 Å². The molecule has 0 N–H and O–H groups in total. The van der Waals surface area contributed by atoms with Crippen molar-refractivity contribution in [2.24, 2.45) is 9.98 Å². The van der Waals surface area contributed by atoms with Crippen LogP contribution in [0.4, 0.5) is 11.4 Å². The molecule has 0 radical (unpaired) electrons. The molecule has 0 bridgehead atoms. The minimum atomic E-state index is 0. The van der Waals surface area contributed by atoms with E-state index in [-0.39, 0.29) is 16.5 Å². The van der Waals surface area contributed by atoms with Gasteiger partial charge in [-0.2, -0.15) is 0 Å². The first-order chi connectivity index (χ1) is 28.2. The summed E-state index contributed by atoms with van der Waals surface area (Å²) < 4.78 is 0. The number of benzene rings is 2. The molecule has 0 aliphatic rings. The minimum absolute atomic E-state index is 0. The molecule has 0 unspecified atom stereocenters. The molecule has 0 atom stereocenters. The van der Waals surface area contributed by atoms with Crippen LogP contribution >= 0.6 is 0 Å². The molecule has 58 heavy (non-hydrogen) atoms. The molecule has 0 aliphatic heterocycles. The normalized spacial score (nSPS) is 11.4. The number of para-hydroxylation sites is 2. The second kappa shape index (κ2) is 39.8. The molecular formula is C55H86N2Ni. The van der Waals surface area contributed by atoms with E-state index in [1.165, 1.54) is 151 Å². The third kappa shape index (κ3) is 28.0. The zero-order valence-electron chi connectivity index (χ0n) is 38.2. The van der Waals surface area contributed by atoms with Crippen molar-refractivity contribution >= 4 is 22.8 Å². The summed E-state index contributed by atoms with van der Waals surface area (Å²) in [6.45, 7) is 9.15. The molecule has 2 aromatic rings. The standard InChI is InChI=1S/C55H86N2.Ni/c1-5-9-13-15-17-19-21-23-25-27-29-31-33-36-42-50-44-38-40-47-52(50)56-54(46-12-8-4)55(49-35-11-7-3)57-53-48-41-39-45-51(53)43-37-34-32-30-28-26-24-22-20-18-16-14-10-6-2;/h38-41,44-45,47-48H,5-28,33-37,42-43,46,49H2,1-4H3;/b56-54+,57-55-;. The monoisotopic (exact) mass is 833 g/mol. The second-order valence-corrected chi connectivity index (χ2v) is 16.5. The number of unbranched alkanes of at least 4 members (excludes halogenated alkanes) is 23. The van der Waals surface area contributed by atoms with Crippen LogP contribution in [0, 0.1) is 23.7 Å². The Balaban J connectivity index is 0.0000168. The van der Waals surface area contributed by atoms with Crippen LogP contribution in [0.5, 0.6) is 0 Å². The van der Waals surface area contributed by atoms with E-state index in [4.69, 9.17) is 9.98 Å². The summed E-state index contributed by atoms with van der Waals surface area (Å²) in [5, 5.41) is 0. The van der Waals surface area contributed by atoms with E-state index < -0.39 is 0 Å². The Bertz CT molecular complexity index is 1450. The van der Waals surface area contributed by atoms with Gasteiger partial charge < -0.3 is 0 Å². The van der Waals surface area contributed by atoms with E-state index in [2.05, 4.69) is 99.9 Å². The van der Waals surface area contributed by atoms with Gasteiger partial charge in [-0.25, -0.2) is 0 Å². The predicted molar refractivity (Wildman–Crippen MR) is 256 cm³/mol. The molecule has 0 fully saturated rings. The van der Waals surface area contributed by atoms with Gasteiger partial charge in [0.05, 0.1) is 22.8 Å². The Labute approximate surface area is 370 Å². The van der Waals surface area contributed by atoms with Crippen LogP contribution in [0.2, 0.25) is 0 Å². The van der Waals surface area contributed by atoms with Crippen molar-refractivity contribution in [2.75, 3.05) is 0 Å². The molecule has 0 saturated heterocycles. The third-order valence-corrected chi connectivity index (χ3v) is 11.2. The Morgan fingerprint density at radius 2 is 0.672 bits per heavy atom. The van der Waals surface area contributed by atoms with E-state index in [9.17, 15) is 0 Å². The quantitative estimate of drug-likeness (QED) is 0.0290. The average molecular weight is 834 g/mol. The fourth-order valence-electron chi connectivity index (χ4n) is 7.51. The maximum absolute atomic E-state index is 5.47. The van der Waals surface area contributed by atoms with Gasteiger partial charge in [0.2, 0.25) is 0 Å². The van der Waals surface area contributed by atoms with Gasteiger partial charge in [0.25, 0.3) is 0 Å². The zero-order valence-corrected chi connectivity index (χ0v) is 39.2. The number of aryl methyl sites for hydroxylation is 2. The molecule has 0 aromatic heterocycles. The number of hydrogen-bond acceptors (Lipinski definition) is 2. The van der Waals surface area contributed by atoms with E-state index in [1.807, 2.05) is 0 Å². The predicted octanol–water partition coefficient (Wildman–Crippen LogP) is 17.8. The molecule has 0 aliphatic carbocycles. The first kappa shape index (κ1) is 53.4. The summed E-state index contributed by atoms with van der Waals surface area (Å²) in [4.78, 5) is 10.9. The zero-order chi connectivity index (χ0) is 40.7. The SMILES string of the molecule is CCCCCCCCCCCC#CCCCc1ccccc1/N=C(CCCCC)\C(CCCC)=N\c1ccccc1CCCC#CCCCCCCCCCCC.[Ni]. The fraction of sp³-hybridized carbons (Fsp3) is 0.673. The molecule has 326 valence electrons. The smallest absolute Gasteiger partial charge is 0.0665 e. The first-order valence-corrected chi connectivity index (χ1v) is 24.5. The first-order valence-electron chi connectivity index (χ1n) is 24.5. The average Bonchev–Trinajstić information content (AvgIpc) is 3.23. The summed E-state index contributed by atoms with van der Waals surface area (Å²) >= 11 is 0. The van der Waals surface area contributed by atoms with E-state index in [1.54, 1.807) is 0 Å². The Morgan fingerprint density at radius 3 is 1.07 bits per heavy atom. The fourth-order valence-corrected chi connectivity index (χ4v) is 7.51. The van der Waals surface area contributed by atoms with E-state index in [0.717, 1.165) is 94.8 Å². The number of rotatable bonds is 34. The van der Waals surface area contributed by atoms with Crippen molar-refractivity contribution in [1.82, 2.24) is 0 Å². The van der Waals surface area contributed by atoms with Crippen LogP contribution in [0.1, 0.15) is 238 Å². The van der Waals surface area contributed by atoms with Gasteiger partial charge in [-0.1, -0.05) is 186 Å². The van der Waals surface area contributed by atoms with Crippen molar-refractivity contribution in [3.8, 4) is 23.7 Å². The molecule has 3 heteroatoms.